The van der Waals surface area contributed by atoms with Gasteiger partial charge >= 0.3 is 0 Å². The average molecular weight is 335 g/mol. The van der Waals surface area contributed by atoms with Crippen molar-refractivity contribution in [3.8, 4) is 11.6 Å². The monoisotopic (exact) mass is 334 g/mol. The molecule has 5 nitrogen and oxygen atoms in total. The molecular formula is C14H15BrN4O. The van der Waals surface area contributed by atoms with Gasteiger partial charge in [-0.2, -0.15) is 4.98 Å². The molecule has 1 aliphatic rings. The lowest BCUT2D eigenvalue weighted by molar-refractivity contribution is 0.452. The van der Waals surface area contributed by atoms with Gasteiger partial charge in [0.2, 0.25) is 5.88 Å². The van der Waals surface area contributed by atoms with Crippen LogP contribution in [0.25, 0.3) is 0 Å². The number of hydrogen-bond acceptors (Lipinski definition) is 5. The summed E-state index contributed by atoms with van der Waals surface area (Å²) in [6, 6.07) is 1.87. The van der Waals surface area contributed by atoms with Gasteiger partial charge in [-0.05, 0) is 41.8 Å². The molecule has 0 bridgehead atoms. The summed E-state index contributed by atoms with van der Waals surface area (Å²) in [6.07, 6.45) is 5.70. The zero-order valence-electron chi connectivity index (χ0n) is 11.4. The highest BCUT2D eigenvalue weighted by Gasteiger charge is 2.28. The molecule has 0 aliphatic heterocycles. The Morgan fingerprint density at radius 3 is 2.75 bits per heavy atom. The molecule has 0 radical (unpaired) electrons. The fourth-order valence-electron chi connectivity index (χ4n) is 1.94. The van der Waals surface area contributed by atoms with Gasteiger partial charge < -0.3 is 10.1 Å². The Labute approximate surface area is 125 Å². The average Bonchev–Trinajstić information content (AvgIpc) is 3.25. The largest absolute Gasteiger partial charge is 0.437 e. The second-order valence-corrected chi connectivity index (χ2v) is 5.74. The van der Waals surface area contributed by atoms with Crippen LogP contribution in [0.3, 0.4) is 0 Å². The number of nitrogens with zero attached hydrogens (tertiary/aromatic N) is 3. The molecule has 104 valence electrons. The molecule has 1 N–H and O–H groups in total. The molecule has 0 spiro atoms. The third-order valence-corrected chi connectivity index (χ3v) is 3.63. The molecule has 2 aromatic rings. The van der Waals surface area contributed by atoms with Crippen LogP contribution in [0, 0.1) is 6.92 Å². The van der Waals surface area contributed by atoms with E-state index in [1.807, 2.05) is 20.0 Å². The van der Waals surface area contributed by atoms with E-state index in [4.69, 9.17) is 4.74 Å². The van der Waals surface area contributed by atoms with Crippen molar-refractivity contribution in [2.75, 3.05) is 12.4 Å². The maximum absolute atomic E-state index is 5.87. The van der Waals surface area contributed by atoms with Gasteiger partial charge in [0.1, 0.15) is 17.4 Å². The number of rotatable bonds is 4. The second-order valence-electron chi connectivity index (χ2n) is 4.83. The van der Waals surface area contributed by atoms with Crippen molar-refractivity contribution in [2.45, 2.75) is 25.7 Å². The van der Waals surface area contributed by atoms with Gasteiger partial charge in [-0.1, -0.05) is 0 Å². The smallest absolute Gasteiger partial charge is 0.227 e. The van der Waals surface area contributed by atoms with E-state index in [0.717, 1.165) is 34.5 Å². The van der Waals surface area contributed by atoms with Crippen molar-refractivity contribution in [2.24, 2.45) is 0 Å². The van der Waals surface area contributed by atoms with Gasteiger partial charge in [0, 0.05) is 23.6 Å². The van der Waals surface area contributed by atoms with E-state index in [1.54, 1.807) is 12.4 Å². The molecule has 2 aromatic heterocycles. The van der Waals surface area contributed by atoms with Gasteiger partial charge in [0.15, 0.2) is 0 Å². The number of halogens is 1. The Morgan fingerprint density at radius 1 is 1.30 bits per heavy atom. The van der Waals surface area contributed by atoms with Gasteiger partial charge in [0.25, 0.3) is 0 Å². The number of hydrogen-bond donors (Lipinski definition) is 1. The first-order valence-corrected chi connectivity index (χ1v) is 7.31. The van der Waals surface area contributed by atoms with E-state index in [1.165, 1.54) is 0 Å². The summed E-state index contributed by atoms with van der Waals surface area (Å²) in [6.45, 7) is 1.95. The molecule has 20 heavy (non-hydrogen) atoms. The number of pyridine rings is 1. The minimum absolute atomic E-state index is 0.477. The summed E-state index contributed by atoms with van der Waals surface area (Å²) in [5, 5.41) is 3.10. The summed E-state index contributed by atoms with van der Waals surface area (Å²) in [7, 11) is 1.86. The molecule has 0 amide bonds. The predicted molar refractivity (Wildman–Crippen MR) is 80.3 cm³/mol. The standard InChI is InChI=1S/C14H15BrN4O/c1-8-12(16-2)18-13(9-3-4-9)19-14(8)20-11-5-10(15)6-17-7-11/h5-7,9H,3-4H2,1-2H3,(H,16,18,19). The molecule has 2 heterocycles. The highest BCUT2D eigenvalue weighted by Crippen LogP contribution is 2.40. The molecule has 3 rings (SSSR count). The van der Waals surface area contributed by atoms with Gasteiger partial charge in [-0.3, -0.25) is 4.98 Å². The van der Waals surface area contributed by atoms with Crippen molar-refractivity contribution in [3.05, 3.63) is 34.3 Å². The van der Waals surface area contributed by atoms with Gasteiger partial charge in [0.05, 0.1) is 11.8 Å². The SMILES string of the molecule is CNc1nc(C2CC2)nc(Oc2cncc(Br)c2)c1C. The maximum Gasteiger partial charge on any atom is 0.227 e. The lowest BCUT2D eigenvalue weighted by Gasteiger charge is -2.12. The highest BCUT2D eigenvalue weighted by atomic mass is 79.9. The first-order valence-electron chi connectivity index (χ1n) is 6.52. The Hall–Kier alpha value is -1.69. The van der Waals surface area contributed by atoms with Crippen LogP contribution in [-0.4, -0.2) is 22.0 Å². The number of nitrogens with one attached hydrogen (secondary N) is 1. The van der Waals surface area contributed by atoms with Crippen LogP contribution in [0.4, 0.5) is 5.82 Å². The number of aromatic nitrogens is 3. The van der Waals surface area contributed by atoms with Crippen LogP contribution in [0.1, 0.15) is 30.1 Å². The van der Waals surface area contributed by atoms with E-state index in [9.17, 15) is 0 Å². The molecule has 0 unspecified atom stereocenters. The zero-order valence-corrected chi connectivity index (χ0v) is 12.9. The highest BCUT2D eigenvalue weighted by molar-refractivity contribution is 9.10. The Bertz CT molecular complexity index is 643. The summed E-state index contributed by atoms with van der Waals surface area (Å²) in [5.41, 5.74) is 0.900. The zero-order chi connectivity index (χ0) is 14.1. The van der Waals surface area contributed by atoms with Crippen LogP contribution in [0.15, 0.2) is 22.9 Å². The van der Waals surface area contributed by atoms with Crippen LogP contribution in [0.2, 0.25) is 0 Å². The van der Waals surface area contributed by atoms with Crippen LogP contribution in [0.5, 0.6) is 11.6 Å². The Morgan fingerprint density at radius 2 is 2.10 bits per heavy atom. The van der Waals surface area contributed by atoms with Crippen molar-refractivity contribution in [1.82, 2.24) is 15.0 Å². The fourth-order valence-corrected chi connectivity index (χ4v) is 2.28. The van der Waals surface area contributed by atoms with E-state index in [0.29, 0.717) is 17.5 Å². The maximum atomic E-state index is 5.87. The van der Waals surface area contributed by atoms with Crippen molar-refractivity contribution in [1.29, 1.82) is 0 Å². The first kappa shape index (κ1) is 13.3. The van der Waals surface area contributed by atoms with E-state index >= 15 is 0 Å². The summed E-state index contributed by atoms with van der Waals surface area (Å²) >= 11 is 3.38. The van der Waals surface area contributed by atoms with Crippen LogP contribution in [-0.2, 0) is 0 Å². The molecule has 1 fully saturated rings. The quantitative estimate of drug-likeness (QED) is 0.924. The molecule has 1 saturated carbocycles. The van der Waals surface area contributed by atoms with Crippen LogP contribution >= 0.6 is 15.9 Å². The lowest BCUT2D eigenvalue weighted by Crippen LogP contribution is -2.04. The van der Waals surface area contributed by atoms with Gasteiger partial charge in [-0.15, -0.1) is 0 Å². The van der Waals surface area contributed by atoms with Crippen molar-refractivity contribution >= 4 is 21.7 Å². The van der Waals surface area contributed by atoms with Crippen molar-refractivity contribution < 1.29 is 4.74 Å². The Kier molecular flexibility index (Phi) is 3.56. The normalized spacial score (nSPS) is 14.2. The topological polar surface area (TPSA) is 59.9 Å². The molecule has 0 aromatic carbocycles. The Balaban J connectivity index is 1.97. The summed E-state index contributed by atoms with van der Waals surface area (Å²) in [4.78, 5) is 13.2. The molecule has 6 heteroatoms. The minimum atomic E-state index is 0.477. The number of ether oxygens (including phenoxy) is 1. The third-order valence-electron chi connectivity index (χ3n) is 3.19. The lowest BCUT2D eigenvalue weighted by atomic mass is 10.3. The van der Waals surface area contributed by atoms with E-state index < -0.39 is 0 Å². The molecule has 0 atom stereocenters. The molecule has 1 aliphatic carbocycles. The number of anilines is 1. The third kappa shape index (κ3) is 2.75. The fraction of sp³-hybridized carbons (Fsp3) is 0.357. The molecular weight excluding hydrogens is 320 g/mol. The summed E-state index contributed by atoms with van der Waals surface area (Å²) in [5.74, 6) is 3.40. The van der Waals surface area contributed by atoms with E-state index in [2.05, 4.69) is 36.2 Å². The second kappa shape index (κ2) is 5.36. The first-order chi connectivity index (χ1) is 9.67. The van der Waals surface area contributed by atoms with E-state index in [-0.39, 0.29) is 0 Å². The van der Waals surface area contributed by atoms with Crippen molar-refractivity contribution in [3.63, 3.8) is 0 Å². The molecule has 0 saturated heterocycles. The van der Waals surface area contributed by atoms with Crippen LogP contribution < -0.4 is 10.1 Å². The predicted octanol–water partition coefficient (Wildman–Crippen LogP) is 3.65. The minimum Gasteiger partial charge on any atom is -0.437 e. The van der Waals surface area contributed by atoms with Gasteiger partial charge in [-0.25, -0.2) is 4.98 Å². The summed E-state index contributed by atoms with van der Waals surface area (Å²) < 4.78 is 6.74.